The van der Waals surface area contributed by atoms with Crippen molar-refractivity contribution in [2.24, 2.45) is 0 Å². The molecule has 0 heterocycles. The molecule has 0 saturated heterocycles. The van der Waals surface area contributed by atoms with Gasteiger partial charge in [-0.2, -0.15) is 0 Å². The van der Waals surface area contributed by atoms with Crippen molar-refractivity contribution < 1.29 is 0 Å². The summed E-state index contributed by atoms with van der Waals surface area (Å²) in [6.45, 7) is 0. The van der Waals surface area contributed by atoms with Crippen molar-refractivity contribution in [3.8, 4) is 0 Å². The second-order valence-corrected chi connectivity index (χ2v) is 4.62. The van der Waals surface area contributed by atoms with Crippen LogP contribution in [0.1, 0.15) is 14.9 Å². The highest BCUT2D eigenvalue weighted by Crippen LogP contribution is 1.81. The third-order valence-electron chi connectivity index (χ3n) is 2.67. The number of benzene rings is 4. The van der Waals surface area contributed by atoms with E-state index in [1.807, 2.05) is 146 Å². The standard InChI is InChI=1S/4C6H6.2CH4/c4*1-2-4-6-5-3-1;;/h4*1-6H;2*1H4. The van der Waals surface area contributed by atoms with E-state index in [0.717, 1.165) is 0 Å². The molecular weight excluding hydrogens is 312 g/mol. The minimum atomic E-state index is 0. The van der Waals surface area contributed by atoms with Crippen LogP contribution in [0.15, 0.2) is 146 Å². The lowest BCUT2D eigenvalue weighted by molar-refractivity contribution is 1.72. The summed E-state index contributed by atoms with van der Waals surface area (Å²) in [4.78, 5) is 0. The molecule has 136 valence electrons. The van der Waals surface area contributed by atoms with Gasteiger partial charge in [-0.25, -0.2) is 0 Å². The lowest BCUT2D eigenvalue weighted by atomic mass is 10.4. The van der Waals surface area contributed by atoms with Gasteiger partial charge in [0.05, 0.1) is 0 Å². The third kappa shape index (κ3) is 18.9. The Hall–Kier alpha value is -3.12. The van der Waals surface area contributed by atoms with Gasteiger partial charge < -0.3 is 0 Å². The van der Waals surface area contributed by atoms with E-state index in [9.17, 15) is 0 Å². The summed E-state index contributed by atoms with van der Waals surface area (Å²) >= 11 is 0. The fourth-order valence-electron chi connectivity index (χ4n) is 1.54. The Labute approximate surface area is 160 Å². The third-order valence-corrected chi connectivity index (χ3v) is 2.67. The maximum Gasteiger partial charge on any atom is -0.0623 e. The quantitative estimate of drug-likeness (QED) is 0.303. The van der Waals surface area contributed by atoms with Crippen LogP contribution in [-0.4, -0.2) is 0 Å². The molecule has 0 fully saturated rings. The van der Waals surface area contributed by atoms with Crippen LogP contribution in [0.25, 0.3) is 0 Å². The zero-order valence-corrected chi connectivity index (χ0v) is 13.9. The fourth-order valence-corrected chi connectivity index (χ4v) is 1.54. The van der Waals surface area contributed by atoms with Gasteiger partial charge in [0.2, 0.25) is 0 Å². The topological polar surface area (TPSA) is 0 Å². The Morgan fingerprint density at radius 1 is 0.115 bits per heavy atom. The van der Waals surface area contributed by atoms with Gasteiger partial charge in [-0.1, -0.05) is 160 Å². The SMILES string of the molecule is C.C.c1ccccc1.c1ccccc1.c1ccccc1.c1ccccc1. The molecule has 0 aliphatic carbocycles. The Balaban J connectivity index is 0. The first kappa shape index (κ1) is 25.1. The van der Waals surface area contributed by atoms with Crippen molar-refractivity contribution in [2.75, 3.05) is 0 Å². The monoisotopic (exact) mass is 344 g/mol. The molecule has 0 saturated carbocycles. The lowest BCUT2D eigenvalue weighted by Crippen LogP contribution is -1.47. The van der Waals surface area contributed by atoms with E-state index in [1.165, 1.54) is 0 Å². The van der Waals surface area contributed by atoms with Crippen LogP contribution >= 0.6 is 0 Å². The van der Waals surface area contributed by atoms with E-state index in [0.29, 0.717) is 0 Å². The Morgan fingerprint density at radius 2 is 0.154 bits per heavy atom. The summed E-state index contributed by atoms with van der Waals surface area (Å²) in [5.41, 5.74) is 0. The predicted molar refractivity (Wildman–Crippen MR) is 119 cm³/mol. The first-order valence-electron chi connectivity index (χ1n) is 8.00. The van der Waals surface area contributed by atoms with Crippen LogP contribution in [-0.2, 0) is 0 Å². The highest BCUT2D eigenvalue weighted by atomic mass is 13.7. The molecule has 0 amide bonds. The van der Waals surface area contributed by atoms with Crippen molar-refractivity contribution in [1.82, 2.24) is 0 Å². The molecule has 0 unspecified atom stereocenters. The Kier molecular flexibility index (Phi) is 21.1. The summed E-state index contributed by atoms with van der Waals surface area (Å²) in [5.74, 6) is 0. The molecule has 0 spiro atoms. The zero-order valence-electron chi connectivity index (χ0n) is 13.9. The van der Waals surface area contributed by atoms with Gasteiger partial charge in [-0.3, -0.25) is 0 Å². The first-order chi connectivity index (χ1) is 12.0. The van der Waals surface area contributed by atoms with Crippen LogP contribution in [0, 0.1) is 0 Å². The van der Waals surface area contributed by atoms with Crippen LogP contribution in [0.4, 0.5) is 0 Å². The molecule has 4 aromatic rings. The number of hydrogen-bond acceptors (Lipinski definition) is 0. The first-order valence-corrected chi connectivity index (χ1v) is 8.00. The average molecular weight is 345 g/mol. The summed E-state index contributed by atoms with van der Waals surface area (Å²) in [6, 6.07) is 48.0. The summed E-state index contributed by atoms with van der Waals surface area (Å²) in [5, 5.41) is 0. The van der Waals surface area contributed by atoms with Crippen LogP contribution in [0.3, 0.4) is 0 Å². The van der Waals surface area contributed by atoms with Gasteiger partial charge in [-0.15, -0.1) is 0 Å². The van der Waals surface area contributed by atoms with E-state index in [2.05, 4.69) is 0 Å². The molecule has 26 heavy (non-hydrogen) atoms. The van der Waals surface area contributed by atoms with Crippen molar-refractivity contribution in [3.63, 3.8) is 0 Å². The smallest absolute Gasteiger partial charge is 0.0623 e. The van der Waals surface area contributed by atoms with Crippen molar-refractivity contribution in [1.29, 1.82) is 0 Å². The largest absolute Gasteiger partial charge is 0.0776 e. The van der Waals surface area contributed by atoms with Crippen molar-refractivity contribution >= 4 is 0 Å². The average Bonchev–Trinajstić information content (AvgIpc) is 2.75. The summed E-state index contributed by atoms with van der Waals surface area (Å²) < 4.78 is 0. The molecule has 4 rings (SSSR count). The molecular formula is C26H32. The van der Waals surface area contributed by atoms with E-state index >= 15 is 0 Å². The highest BCUT2D eigenvalue weighted by Gasteiger charge is 1.59. The number of hydrogen-bond donors (Lipinski definition) is 0. The Bertz CT molecular complexity index is 414. The van der Waals surface area contributed by atoms with E-state index in [-0.39, 0.29) is 14.9 Å². The molecule has 0 bridgehead atoms. The zero-order chi connectivity index (χ0) is 17.0. The van der Waals surface area contributed by atoms with Crippen LogP contribution in [0.2, 0.25) is 0 Å². The molecule has 0 aliphatic rings. The fraction of sp³-hybridized carbons (Fsp3) is 0.0769. The van der Waals surface area contributed by atoms with E-state index in [4.69, 9.17) is 0 Å². The van der Waals surface area contributed by atoms with Crippen LogP contribution in [0.5, 0.6) is 0 Å². The van der Waals surface area contributed by atoms with Gasteiger partial charge in [0.1, 0.15) is 0 Å². The summed E-state index contributed by atoms with van der Waals surface area (Å²) in [6.07, 6.45) is 0. The molecule has 4 aromatic carbocycles. The Morgan fingerprint density at radius 3 is 0.192 bits per heavy atom. The molecule has 0 aliphatic heterocycles. The molecule has 0 atom stereocenters. The second kappa shape index (κ2) is 21.9. The van der Waals surface area contributed by atoms with Gasteiger partial charge in [0.15, 0.2) is 0 Å². The van der Waals surface area contributed by atoms with E-state index < -0.39 is 0 Å². The molecule has 0 heteroatoms. The molecule has 0 nitrogen and oxygen atoms in total. The number of rotatable bonds is 0. The maximum absolute atomic E-state index is 2.00. The van der Waals surface area contributed by atoms with E-state index in [1.54, 1.807) is 0 Å². The minimum absolute atomic E-state index is 0. The lowest BCUT2D eigenvalue weighted by Gasteiger charge is -1.69. The van der Waals surface area contributed by atoms with Gasteiger partial charge in [-0.05, 0) is 0 Å². The van der Waals surface area contributed by atoms with Gasteiger partial charge >= 0.3 is 0 Å². The highest BCUT2D eigenvalue weighted by molar-refractivity contribution is 5.00. The van der Waals surface area contributed by atoms with Crippen LogP contribution < -0.4 is 0 Å². The normalized spacial score (nSPS) is 7.38. The second-order valence-electron chi connectivity index (χ2n) is 4.62. The van der Waals surface area contributed by atoms with Crippen molar-refractivity contribution in [2.45, 2.75) is 14.9 Å². The minimum Gasteiger partial charge on any atom is -0.0776 e. The molecule has 0 aromatic heterocycles. The van der Waals surface area contributed by atoms with Crippen molar-refractivity contribution in [3.05, 3.63) is 146 Å². The summed E-state index contributed by atoms with van der Waals surface area (Å²) in [7, 11) is 0. The molecule has 0 N–H and O–H groups in total. The predicted octanol–water partition coefficient (Wildman–Crippen LogP) is 8.02. The van der Waals surface area contributed by atoms with Gasteiger partial charge in [0, 0.05) is 0 Å². The maximum atomic E-state index is 2.00. The van der Waals surface area contributed by atoms with Gasteiger partial charge in [0.25, 0.3) is 0 Å². The molecule has 0 radical (unpaired) electrons.